The molecule has 1 aromatic heterocycles. The molecule has 2 aromatic carbocycles. The molecule has 10 heteroatoms. The van der Waals surface area contributed by atoms with Crippen molar-refractivity contribution in [2.45, 2.75) is 19.4 Å². The standard InChI is InChI=1S/C27H28N2O6S2/c30-36(31,32)20-6-18-28-24(16-14-22-8-1-3-12-26(22)28)10-5-11-25-17-15-23-9-2-4-13-27(23)29(25)19-7-21-37(33,34)35/h1-5,8-17H,6-7,18-21H2,(H-,30,31,32,33,34,35)/p+1. The van der Waals surface area contributed by atoms with E-state index in [0.29, 0.717) is 13.1 Å². The zero-order valence-corrected chi connectivity index (χ0v) is 21.8. The van der Waals surface area contributed by atoms with E-state index in [1.807, 2.05) is 101 Å². The number of para-hydroxylation sites is 2. The van der Waals surface area contributed by atoms with Gasteiger partial charge < -0.3 is 4.90 Å². The SMILES string of the molecule is O=S(=O)(O)CCCN1C(=CC=Cc2ccc3ccccc3[n+]2CCCS(=O)(=O)O)C=Cc2ccccc21. The number of hydrogen-bond acceptors (Lipinski definition) is 5. The summed E-state index contributed by atoms with van der Waals surface area (Å²) in [6, 6.07) is 19.6. The topological polar surface area (TPSA) is 116 Å². The molecule has 0 bridgehead atoms. The van der Waals surface area contributed by atoms with Crippen LogP contribution in [0.3, 0.4) is 0 Å². The summed E-state index contributed by atoms with van der Waals surface area (Å²) in [6.45, 7) is 0.818. The van der Waals surface area contributed by atoms with E-state index >= 15 is 0 Å². The Kier molecular flexibility index (Phi) is 8.23. The predicted octanol–water partition coefficient (Wildman–Crippen LogP) is 4.11. The van der Waals surface area contributed by atoms with Crippen LogP contribution in [0.1, 0.15) is 24.1 Å². The normalized spacial score (nSPS) is 15.1. The van der Waals surface area contributed by atoms with Gasteiger partial charge in [-0.1, -0.05) is 42.5 Å². The van der Waals surface area contributed by atoms with Gasteiger partial charge in [0.2, 0.25) is 11.2 Å². The Hall–Kier alpha value is -3.31. The van der Waals surface area contributed by atoms with Crippen LogP contribution in [0.4, 0.5) is 5.69 Å². The number of aryl methyl sites for hydroxylation is 1. The highest BCUT2D eigenvalue weighted by Gasteiger charge is 2.18. The molecule has 8 nitrogen and oxygen atoms in total. The molecule has 0 spiro atoms. The molecule has 3 aromatic rings. The maximum atomic E-state index is 11.2. The number of fused-ring (bicyclic) bond motifs is 2. The number of nitrogens with zero attached hydrogens (tertiary/aromatic N) is 2. The van der Waals surface area contributed by atoms with Crippen molar-refractivity contribution in [1.29, 1.82) is 0 Å². The Morgan fingerprint density at radius 3 is 2.30 bits per heavy atom. The van der Waals surface area contributed by atoms with Crippen molar-refractivity contribution in [2.24, 2.45) is 0 Å². The molecule has 0 saturated heterocycles. The largest absolute Gasteiger partial charge is 0.341 e. The van der Waals surface area contributed by atoms with Crippen LogP contribution in [0.25, 0.3) is 23.1 Å². The lowest BCUT2D eigenvalue weighted by Crippen LogP contribution is -2.38. The monoisotopic (exact) mass is 541 g/mol. The van der Waals surface area contributed by atoms with E-state index in [0.717, 1.165) is 33.5 Å². The first-order chi connectivity index (χ1) is 17.6. The maximum Gasteiger partial charge on any atom is 0.265 e. The Morgan fingerprint density at radius 2 is 1.51 bits per heavy atom. The van der Waals surface area contributed by atoms with Crippen LogP contribution >= 0.6 is 0 Å². The Balaban J connectivity index is 1.63. The van der Waals surface area contributed by atoms with Crippen LogP contribution in [0.5, 0.6) is 0 Å². The Morgan fingerprint density at radius 1 is 0.811 bits per heavy atom. The maximum absolute atomic E-state index is 11.2. The van der Waals surface area contributed by atoms with Crippen molar-refractivity contribution in [1.82, 2.24) is 0 Å². The van der Waals surface area contributed by atoms with E-state index < -0.39 is 20.2 Å². The second kappa shape index (κ2) is 11.4. The highest BCUT2D eigenvalue weighted by molar-refractivity contribution is 7.86. The quantitative estimate of drug-likeness (QED) is 0.293. The van der Waals surface area contributed by atoms with Gasteiger partial charge in [0.05, 0.1) is 11.5 Å². The smallest absolute Gasteiger partial charge is 0.265 e. The fourth-order valence-corrected chi connectivity index (χ4v) is 5.39. The van der Waals surface area contributed by atoms with Crippen LogP contribution in [0.15, 0.2) is 84.6 Å². The Bertz CT molecular complexity index is 1590. The number of rotatable bonds is 10. The van der Waals surface area contributed by atoms with Crippen molar-refractivity contribution in [3.05, 3.63) is 95.8 Å². The second-order valence-electron chi connectivity index (χ2n) is 8.74. The van der Waals surface area contributed by atoms with Gasteiger partial charge in [-0.05, 0) is 42.3 Å². The molecule has 0 atom stereocenters. The minimum Gasteiger partial charge on any atom is -0.341 e. The van der Waals surface area contributed by atoms with E-state index in [9.17, 15) is 16.8 Å². The van der Waals surface area contributed by atoms with E-state index in [4.69, 9.17) is 9.11 Å². The molecule has 194 valence electrons. The van der Waals surface area contributed by atoms with Gasteiger partial charge in [-0.25, -0.2) is 0 Å². The molecule has 1 aliphatic rings. The lowest BCUT2D eigenvalue weighted by molar-refractivity contribution is -0.673. The molecule has 2 N–H and O–H groups in total. The molecule has 0 aliphatic carbocycles. The van der Waals surface area contributed by atoms with Gasteiger partial charge in [-0.15, -0.1) is 0 Å². The van der Waals surface area contributed by atoms with Gasteiger partial charge in [0.15, 0.2) is 6.54 Å². The van der Waals surface area contributed by atoms with Crippen LogP contribution in [-0.4, -0.2) is 44.0 Å². The van der Waals surface area contributed by atoms with Crippen molar-refractivity contribution in [3.63, 3.8) is 0 Å². The Labute approximate surface area is 217 Å². The lowest BCUT2D eigenvalue weighted by Gasteiger charge is -2.30. The summed E-state index contributed by atoms with van der Waals surface area (Å²) in [5.74, 6) is -0.641. The third kappa shape index (κ3) is 7.36. The van der Waals surface area contributed by atoms with E-state index in [1.54, 1.807) is 0 Å². The number of benzene rings is 2. The number of pyridine rings is 1. The average Bonchev–Trinajstić information content (AvgIpc) is 2.84. The molecule has 0 fully saturated rings. The third-order valence-electron chi connectivity index (χ3n) is 6.05. The van der Waals surface area contributed by atoms with Crippen molar-refractivity contribution >= 4 is 49.0 Å². The van der Waals surface area contributed by atoms with E-state index in [2.05, 4.69) is 0 Å². The number of aromatic nitrogens is 1. The van der Waals surface area contributed by atoms with Crippen LogP contribution in [-0.2, 0) is 26.8 Å². The number of anilines is 1. The molecule has 0 amide bonds. The van der Waals surface area contributed by atoms with Crippen LogP contribution in [0.2, 0.25) is 0 Å². The fraction of sp³-hybridized carbons (Fsp3) is 0.222. The molecule has 1 aliphatic heterocycles. The van der Waals surface area contributed by atoms with Gasteiger partial charge in [-0.3, -0.25) is 9.11 Å². The number of hydrogen-bond donors (Lipinski definition) is 2. The third-order valence-corrected chi connectivity index (χ3v) is 7.66. The summed E-state index contributed by atoms with van der Waals surface area (Å²) < 4.78 is 65.2. The first kappa shape index (κ1) is 26.7. The van der Waals surface area contributed by atoms with Crippen molar-refractivity contribution in [2.75, 3.05) is 23.0 Å². The van der Waals surface area contributed by atoms with Crippen molar-refractivity contribution in [3.8, 4) is 0 Å². The minimum atomic E-state index is -4.05. The molecular formula is C27H29N2O6S2+. The highest BCUT2D eigenvalue weighted by Crippen LogP contribution is 2.31. The molecular weight excluding hydrogens is 512 g/mol. The summed E-state index contributed by atoms with van der Waals surface area (Å²) in [5, 5.41) is 1.02. The van der Waals surface area contributed by atoms with E-state index in [1.165, 1.54) is 0 Å². The van der Waals surface area contributed by atoms with Crippen LogP contribution < -0.4 is 9.47 Å². The molecule has 4 rings (SSSR count). The summed E-state index contributed by atoms with van der Waals surface area (Å²) in [5.41, 5.74) is 4.65. The van der Waals surface area contributed by atoms with Crippen LogP contribution in [0, 0.1) is 0 Å². The van der Waals surface area contributed by atoms with Gasteiger partial charge in [0.1, 0.15) is 0 Å². The summed E-state index contributed by atoms with van der Waals surface area (Å²) >= 11 is 0. The van der Waals surface area contributed by atoms with Gasteiger partial charge in [0.25, 0.3) is 20.2 Å². The first-order valence-electron chi connectivity index (χ1n) is 11.9. The van der Waals surface area contributed by atoms with Crippen molar-refractivity contribution < 1.29 is 30.5 Å². The van der Waals surface area contributed by atoms with E-state index in [-0.39, 0.29) is 24.3 Å². The van der Waals surface area contributed by atoms with Gasteiger partial charge in [-0.2, -0.15) is 21.4 Å². The number of allylic oxidation sites excluding steroid dienone is 3. The summed E-state index contributed by atoms with van der Waals surface area (Å²) in [6.07, 6.45) is 10.2. The zero-order valence-electron chi connectivity index (χ0n) is 20.1. The van der Waals surface area contributed by atoms with Gasteiger partial charge in [0, 0.05) is 47.9 Å². The molecule has 0 radical (unpaired) electrons. The fourth-order valence-electron chi connectivity index (χ4n) is 4.40. The average molecular weight is 542 g/mol. The molecule has 37 heavy (non-hydrogen) atoms. The molecule has 0 unspecified atom stereocenters. The zero-order chi connectivity index (χ0) is 26.5. The molecule has 0 saturated carbocycles. The highest BCUT2D eigenvalue weighted by atomic mass is 32.2. The first-order valence-corrected chi connectivity index (χ1v) is 15.1. The molecule has 2 heterocycles. The second-order valence-corrected chi connectivity index (χ2v) is 11.9. The lowest BCUT2D eigenvalue weighted by atomic mass is 10.1. The summed E-state index contributed by atoms with van der Waals surface area (Å²) in [4.78, 5) is 2.02. The summed E-state index contributed by atoms with van der Waals surface area (Å²) in [7, 11) is -8.09. The predicted molar refractivity (Wildman–Crippen MR) is 146 cm³/mol. The minimum absolute atomic E-state index is 0.264. The van der Waals surface area contributed by atoms with Gasteiger partial charge >= 0.3 is 0 Å².